The lowest BCUT2D eigenvalue weighted by Gasteiger charge is -2.05. The maximum Gasteiger partial charge on any atom is 0.226 e. The van der Waals surface area contributed by atoms with Crippen LogP contribution in [-0.2, 0) is 14.6 Å². The van der Waals surface area contributed by atoms with Crippen LogP contribution < -0.4 is 5.32 Å². The fourth-order valence-electron chi connectivity index (χ4n) is 3.27. The molecule has 1 N–H and O–H groups in total. The van der Waals surface area contributed by atoms with Crippen molar-refractivity contribution in [1.82, 2.24) is 4.98 Å². The molecular weight excluding hydrogens is 435 g/mol. The molecular formula is C23H19FN2O3S2. The summed E-state index contributed by atoms with van der Waals surface area (Å²) in [5.74, 6) is -0.983. The highest BCUT2D eigenvalue weighted by atomic mass is 32.2. The number of nitrogens with zero attached hydrogens (tertiary/aromatic N) is 1. The van der Waals surface area contributed by atoms with Crippen molar-refractivity contribution in [3.05, 3.63) is 77.9 Å². The van der Waals surface area contributed by atoms with Crippen molar-refractivity contribution in [2.75, 3.05) is 11.1 Å². The molecule has 31 heavy (non-hydrogen) atoms. The van der Waals surface area contributed by atoms with E-state index in [1.165, 1.54) is 23.5 Å². The molecule has 0 aliphatic heterocycles. The average Bonchev–Trinajstić information content (AvgIpc) is 3.21. The molecule has 1 heterocycles. The number of halogens is 1. The van der Waals surface area contributed by atoms with Gasteiger partial charge in [0.05, 0.1) is 16.3 Å². The first kappa shape index (κ1) is 21.1. The van der Waals surface area contributed by atoms with Gasteiger partial charge < -0.3 is 5.32 Å². The number of rotatable bonds is 7. The summed E-state index contributed by atoms with van der Waals surface area (Å²) in [4.78, 5) is 16.8. The Morgan fingerprint density at radius 1 is 1.00 bits per heavy atom. The largest absolute Gasteiger partial charge is 0.302 e. The van der Waals surface area contributed by atoms with Gasteiger partial charge >= 0.3 is 0 Å². The van der Waals surface area contributed by atoms with Gasteiger partial charge in [0.2, 0.25) is 5.91 Å². The Morgan fingerprint density at radius 3 is 2.55 bits per heavy atom. The first-order chi connectivity index (χ1) is 14.9. The van der Waals surface area contributed by atoms with Gasteiger partial charge in [-0.05, 0) is 41.5 Å². The second-order valence-electron chi connectivity index (χ2n) is 6.99. The van der Waals surface area contributed by atoms with E-state index in [0.717, 1.165) is 34.2 Å². The molecule has 0 aliphatic rings. The lowest BCUT2D eigenvalue weighted by molar-refractivity contribution is -0.116. The Bertz CT molecular complexity index is 1330. The molecule has 0 unspecified atom stereocenters. The number of hydrogen-bond acceptors (Lipinski definition) is 5. The summed E-state index contributed by atoms with van der Waals surface area (Å²) < 4.78 is 37.5. The molecule has 0 saturated heterocycles. The second kappa shape index (κ2) is 8.95. The molecule has 0 aliphatic carbocycles. The smallest absolute Gasteiger partial charge is 0.226 e. The van der Waals surface area contributed by atoms with Crippen molar-refractivity contribution >= 4 is 43.0 Å². The van der Waals surface area contributed by atoms with Crippen LogP contribution in [0.15, 0.2) is 77.0 Å². The Morgan fingerprint density at radius 2 is 1.74 bits per heavy atom. The van der Waals surface area contributed by atoms with Crippen LogP contribution >= 0.6 is 11.3 Å². The fourth-order valence-corrected chi connectivity index (χ4v) is 5.31. The van der Waals surface area contributed by atoms with Crippen LogP contribution in [0.5, 0.6) is 0 Å². The molecule has 0 saturated carbocycles. The van der Waals surface area contributed by atoms with Crippen LogP contribution in [0.25, 0.3) is 22.0 Å². The van der Waals surface area contributed by atoms with E-state index in [1.54, 1.807) is 0 Å². The van der Waals surface area contributed by atoms with E-state index < -0.39 is 15.7 Å². The maximum absolute atomic E-state index is 13.0. The third-order valence-corrected chi connectivity index (χ3v) is 7.38. The minimum atomic E-state index is -3.56. The van der Waals surface area contributed by atoms with Crippen molar-refractivity contribution in [2.45, 2.75) is 17.7 Å². The summed E-state index contributed by atoms with van der Waals surface area (Å²) in [5.41, 5.74) is 1.76. The van der Waals surface area contributed by atoms with Crippen LogP contribution in [0, 0.1) is 5.82 Å². The molecule has 4 aromatic rings. The van der Waals surface area contributed by atoms with Crippen LogP contribution in [-0.4, -0.2) is 25.1 Å². The zero-order valence-electron chi connectivity index (χ0n) is 16.4. The van der Waals surface area contributed by atoms with Gasteiger partial charge in [-0.25, -0.2) is 17.8 Å². The highest BCUT2D eigenvalue weighted by Crippen LogP contribution is 2.31. The number of benzene rings is 3. The molecule has 0 spiro atoms. The van der Waals surface area contributed by atoms with Crippen molar-refractivity contribution in [1.29, 1.82) is 0 Å². The van der Waals surface area contributed by atoms with Gasteiger partial charge in [0.15, 0.2) is 15.0 Å². The van der Waals surface area contributed by atoms with E-state index in [9.17, 15) is 17.6 Å². The van der Waals surface area contributed by atoms with Crippen molar-refractivity contribution in [3.63, 3.8) is 0 Å². The Labute approximate surface area is 183 Å². The van der Waals surface area contributed by atoms with Crippen LogP contribution in [0.1, 0.15) is 12.8 Å². The zero-order valence-corrected chi connectivity index (χ0v) is 18.0. The lowest BCUT2D eigenvalue weighted by atomic mass is 10.0. The molecule has 0 fully saturated rings. The summed E-state index contributed by atoms with van der Waals surface area (Å²) in [7, 11) is -3.56. The number of fused-ring (bicyclic) bond motifs is 1. The van der Waals surface area contributed by atoms with E-state index in [2.05, 4.69) is 10.3 Å². The standard InChI is InChI=1S/C23H19FN2O3S2/c24-17-10-12-18(13-11-17)31(28,29)14-4-9-22(27)26-23-25-21(15-30-23)20-8-3-6-16-5-1-2-7-19(16)20/h1-3,5-8,10-13,15H,4,9,14H2,(H,25,26,27). The average molecular weight is 455 g/mol. The minimum absolute atomic E-state index is 0.0452. The molecule has 158 valence electrons. The zero-order chi connectivity index (χ0) is 21.8. The summed E-state index contributed by atoms with van der Waals surface area (Å²) in [6, 6.07) is 18.7. The van der Waals surface area contributed by atoms with E-state index in [-0.39, 0.29) is 29.4 Å². The maximum atomic E-state index is 13.0. The molecule has 1 amide bonds. The fraction of sp³-hybridized carbons (Fsp3) is 0.130. The SMILES string of the molecule is O=C(CCCS(=O)(=O)c1ccc(F)cc1)Nc1nc(-c2cccc3ccccc23)cs1. The van der Waals surface area contributed by atoms with Crippen molar-refractivity contribution < 1.29 is 17.6 Å². The predicted octanol–water partition coefficient (Wildman–Crippen LogP) is 5.30. The summed E-state index contributed by atoms with van der Waals surface area (Å²) in [6.07, 6.45) is 0.205. The highest BCUT2D eigenvalue weighted by molar-refractivity contribution is 7.91. The number of sulfone groups is 1. The van der Waals surface area contributed by atoms with Gasteiger partial charge in [0, 0.05) is 17.4 Å². The van der Waals surface area contributed by atoms with Crippen LogP contribution in [0.2, 0.25) is 0 Å². The van der Waals surface area contributed by atoms with E-state index in [1.807, 2.05) is 47.8 Å². The van der Waals surface area contributed by atoms with E-state index in [4.69, 9.17) is 0 Å². The van der Waals surface area contributed by atoms with Gasteiger partial charge in [-0.2, -0.15) is 0 Å². The summed E-state index contributed by atoms with van der Waals surface area (Å²) in [5, 5.41) is 7.28. The normalized spacial score (nSPS) is 11.5. The number of carbonyl (C=O) groups is 1. The van der Waals surface area contributed by atoms with Gasteiger partial charge in [-0.1, -0.05) is 42.5 Å². The molecule has 0 bridgehead atoms. The molecule has 0 atom stereocenters. The van der Waals surface area contributed by atoms with Gasteiger partial charge in [-0.15, -0.1) is 11.3 Å². The highest BCUT2D eigenvalue weighted by Gasteiger charge is 2.16. The van der Waals surface area contributed by atoms with Gasteiger partial charge in [0.1, 0.15) is 5.82 Å². The molecule has 4 rings (SSSR count). The first-order valence-electron chi connectivity index (χ1n) is 9.64. The number of amides is 1. The van der Waals surface area contributed by atoms with Crippen LogP contribution in [0.3, 0.4) is 0 Å². The topological polar surface area (TPSA) is 76.1 Å². The lowest BCUT2D eigenvalue weighted by Crippen LogP contribution is -2.14. The third-order valence-electron chi connectivity index (χ3n) is 4.81. The van der Waals surface area contributed by atoms with E-state index >= 15 is 0 Å². The number of aromatic nitrogens is 1. The minimum Gasteiger partial charge on any atom is -0.302 e. The monoisotopic (exact) mass is 454 g/mol. The number of carbonyl (C=O) groups excluding carboxylic acids is 1. The first-order valence-corrected chi connectivity index (χ1v) is 12.2. The number of anilines is 1. The Balaban J connectivity index is 1.37. The van der Waals surface area contributed by atoms with Crippen LogP contribution in [0.4, 0.5) is 9.52 Å². The summed E-state index contributed by atoms with van der Waals surface area (Å²) in [6.45, 7) is 0. The Kier molecular flexibility index (Phi) is 6.11. The number of nitrogens with one attached hydrogen (secondary N) is 1. The number of hydrogen-bond donors (Lipinski definition) is 1. The molecule has 1 aromatic heterocycles. The molecule has 5 nitrogen and oxygen atoms in total. The quantitative estimate of drug-likeness (QED) is 0.385. The predicted molar refractivity (Wildman–Crippen MR) is 121 cm³/mol. The second-order valence-corrected chi connectivity index (χ2v) is 9.96. The van der Waals surface area contributed by atoms with E-state index in [0.29, 0.717) is 5.13 Å². The molecule has 3 aromatic carbocycles. The Hall–Kier alpha value is -3.10. The van der Waals surface area contributed by atoms with Gasteiger partial charge in [0.25, 0.3) is 0 Å². The van der Waals surface area contributed by atoms with Crippen molar-refractivity contribution in [3.8, 4) is 11.3 Å². The third kappa shape index (κ3) is 4.98. The molecule has 8 heteroatoms. The number of thiazole rings is 1. The molecule has 0 radical (unpaired) electrons. The van der Waals surface area contributed by atoms with Crippen molar-refractivity contribution in [2.24, 2.45) is 0 Å². The summed E-state index contributed by atoms with van der Waals surface area (Å²) >= 11 is 1.32. The van der Waals surface area contributed by atoms with Gasteiger partial charge in [-0.3, -0.25) is 4.79 Å².